The zero-order valence-electron chi connectivity index (χ0n) is 11.4. The van der Waals surface area contributed by atoms with Crippen molar-refractivity contribution in [1.82, 2.24) is 4.90 Å². The summed E-state index contributed by atoms with van der Waals surface area (Å²) in [5.41, 5.74) is 8.42. The molecule has 0 spiro atoms. The topological polar surface area (TPSA) is 32.5 Å². The van der Waals surface area contributed by atoms with Gasteiger partial charge in [0, 0.05) is 36.4 Å². The van der Waals surface area contributed by atoms with Crippen LogP contribution < -0.4 is 10.6 Å². The van der Waals surface area contributed by atoms with E-state index in [1.807, 2.05) is 12.1 Å². The molecular formula is C14H22ClN3. The van der Waals surface area contributed by atoms with Crippen LogP contribution in [0.15, 0.2) is 18.2 Å². The fraction of sp³-hybridized carbons (Fsp3) is 0.571. The van der Waals surface area contributed by atoms with E-state index in [4.69, 9.17) is 17.3 Å². The standard InChI is InChI=1S/C14H22ClN3/c1-10-6-12(15)4-5-14(10)18-11(2)8-17(3)9-13(18)7-16/h4-6,11,13H,7-9,16H2,1-3H3. The van der Waals surface area contributed by atoms with Gasteiger partial charge in [-0.1, -0.05) is 11.6 Å². The first-order valence-corrected chi connectivity index (χ1v) is 6.83. The Bertz CT molecular complexity index is 422. The Labute approximate surface area is 115 Å². The van der Waals surface area contributed by atoms with Crippen molar-refractivity contribution in [2.45, 2.75) is 25.9 Å². The lowest BCUT2D eigenvalue weighted by atomic mass is 10.0. The molecule has 18 heavy (non-hydrogen) atoms. The van der Waals surface area contributed by atoms with Crippen LogP contribution in [0.4, 0.5) is 5.69 Å². The highest BCUT2D eigenvalue weighted by atomic mass is 35.5. The van der Waals surface area contributed by atoms with Gasteiger partial charge in [-0.25, -0.2) is 0 Å². The lowest BCUT2D eigenvalue weighted by molar-refractivity contribution is 0.234. The number of hydrogen-bond acceptors (Lipinski definition) is 3. The number of halogens is 1. The summed E-state index contributed by atoms with van der Waals surface area (Å²) in [5.74, 6) is 0. The maximum atomic E-state index is 6.03. The molecule has 0 bridgehead atoms. The van der Waals surface area contributed by atoms with Gasteiger partial charge < -0.3 is 15.5 Å². The van der Waals surface area contributed by atoms with Crippen LogP contribution in [0.25, 0.3) is 0 Å². The zero-order valence-corrected chi connectivity index (χ0v) is 12.1. The van der Waals surface area contributed by atoms with Crippen molar-refractivity contribution >= 4 is 17.3 Å². The third-order valence-electron chi connectivity index (χ3n) is 3.68. The zero-order chi connectivity index (χ0) is 13.3. The van der Waals surface area contributed by atoms with Gasteiger partial charge in [0.05, 0.1) is 6.04 Å². The maximum absolute atomic E-state index is 6.03. The second kappa shape index (κ2) is 5.47. The summed E-state index contributed by atoms with van der Waals surface area (Å²) in [6.07, 6.45) is 0. The van der Waals surface area contributed by atoms with Gasteiger partial charge in [0.1, 0.15) is 0 Å². The molecule has 0 aliphatic carbocycles. The average Bonchev–Trinajstić information content (AvgIpc) is 2.29. The molecule has 0 aromatic heterocycles. The molecule has 2 atom stereocenters. The third kappa shape index (κ3) is 2.63. The Balaban J connectivity index is 2.34. The van der Waals surface area contributed by atoms with Gasteiger partial charge in [-0.2, -0.15) is 0 Å². The number of benzene rings is 1. The van der Waals surface area contributed by atoms with Crippen LogP contribution in [0.5, 0.6) is 0 Å². The number of piperazine rings is 1. The predicted octanol–water partition coefficient (Wildman–Crippen LogP) is 2.12. The first-order valence-electron chi connectivity index (χ1n) is 6.46. The molecule has 2 N–H and O–H groups in total. The van der Waals surface area contributed by atoms with Gasteiger partial charge in [0.25, 0.3) is 0 Å². The number of likely N-dealkylation sites (N-methyl/N-ethyl adjacent to an activating group) is 1. The number of nitrogens with zero attached hydrogens (tertiary/aromatic N) is 2. The van der Waals surface area contributed by atoms with E-state index in [-0.39, 0.29) is 0 Å². The number of aryl methyl sites for hydroxylation is 1. The van der Waals surface area contributed by atoms with Gasteiger partial charge in [-0.3, -0.25) is 0 Å². The van der Waals surface area contributed by atoms with Crippen molar-refractivity contribution in [3.63, 3.8) is 0 Å². The maximum Gasteiger partial charge on any atom is 0.0542 e. The van der Waals surface area contributed by atoms with Crippen molar-refractivity contribution < 1.29 is 0 Å². The number of nitrogens with two attached hydrogens (primary N) is 1. The van der Waals surface area contributed by atoms with Crippen molar-refractivity contribution in [3.05, 3.63) is 28.8 Å². The molecule has 0 radical (unpaired) electrons. The fourth-order valence-electron chi connectivity index (χ4n) is 2.95. The lowest BCUT2D eigenvalue weighted by Crippen LogP contribution is -2.59. The Morgan fingerprint density at radius 2 is 2.11 bits per heavy atom. The first-order chi connectivity index (χ1) is 8.52. The van der Waals surface area contributed by atoms with Crippen LogP contribution in [0.2, 0.25) is 5.02 Å². The fourth-order valence-corrected chi connectivity index (χ4v) is 3.18. The molecule has 4 heteroatoms. The Morgan fingerprint density at radius 1 is 1.39 bits per heavy atom. The SMILES string of the molecule is Cc1cc(Cl)ccc1N1C(C)CN(C)CC1CN. The summed E-state index contributed by atoms with van der Waals surface area (Å²) in [6.45, 7) is 7.13. The molecule has 0 amide bonds. The van der Waals surface area contributed by atoms with Crippen molar-refractivity contribution in [3.8, 4) is 0 Å². The van der Waals surface area contributed by atoms with E-state index in [1.54, 1.807) is 0 Å². The number of rotatable bonds is 2. The van der Waals surface area contributed by atoms with E-state index in [1.165, 1.54) is 11.3 Å². The molecule has 1 aliphatic heterocycles. The van der Waals surface area contributed by atoms with Crippen LogP contribution in [0.1, 0.15) is 12.5 Å². The normalized spacial score (nSPS) is 25.5. The van der Waals surface area contributed by atoms with Gasteiger partial charge in [-0.05, 0) is 44.7 Å². The van der Waals surface area contributed by atoms with Crippen LogP contribution in [-0.2, 0) is 0 Å². The minimum Gasteiger partial charge on any atom is -0.362 e. The number of hydrogen-bond donors (Lipinski definition) is 1. The van der Waals surface area contributed by atoms with Gasteiger partial charge >= 0.3 is 0 Å². The van der Waals surface area contributed by atoms with Crippen molar-refractivity contribution in [1.29, 1.82) is 0 Å². The van der Waals surface area contributed by atoms with E-state index in [0.29, 0.717) is 18.6 Å². The third-order valence-corrected chi connectivity index (χ3v) is 3.91. The average molecular weight is 268 g/mol. The monoisotopic (exact) mass is 267 g/mol. The lowest BCUT2D eigenvalue weighted by Gasteiger charge is -2.46. The Morgan fingerprint density at radius 3 is 2.72 bits per heavy atom. The smallest absolute Gasteiger partial charge is 0.0542 e. The van der Waals surface area contributed by atoms with E-state index in [0.717, 1.165) is 18.1 Å². The molecule has 1 fully saturated rings. The Kier molecular flexibility index (Phi) is 4.15. The van der Waals surface area contributed by atoms with E-state index in [9.17, 15) is 0 Å². The quantitative estimate of drug-likeness (QED) is 0.891. The molecule has 100 valence electrons. The molecule has 2 rings (SSSR count). The van der Waals surface area contributed by atoms with Crippen LogP contribution in [-0.4, -0.2) is 43.7 Å². The van der Waals surface area contributed by atoms with Crippen molar-refractivity contribution in [2.24, 2.45) is 5.73 Å². The highest BCUT2D eigenvalue weighted by molar-refractivity contribution is 6.30. The number of anilines is 1. The van der Waals surface area contributed by atoms with Crippen LogP contribution in [0.3, 0.4) is 0 Å². The minimum atomic E-state index is 0.374. The molecule has 1 aromatic carbocycles. The molecule has 1 heterocycles. The predicted molar refractivity (Wildman–Crippen MR) is 78.5 cm³/mol. The van der Waals surface area contributed by atoms with Crippen LogP contribution in [0, 0.1) is 6.92 Å². The highest BCUT2D eigenvalue weighted by Gasteiger charge is 2.30. The molecule has 1 aliphatic rings. The van der Waals surface area contributed by atoms with E-state index in [2.05, 4.69) is 36.8 Å². The largest absolute Gasteiger partial charge is 0.362 e. The van der Waals surface area contributed by atoms with Gasteiger partial charge in [0.2, 0.25) is 0 Å². The van der Waals surface area contributed by atoms with Gasteiger partial charge in [-0.15, -0.1) is 0 Å². The Hall–Kier alpha value is -0.770. The summed E-state index contributed by atoms with van der Waals surface area (Å²) in [6, 6.07) is 6.94. The first kappa shape index (κ1) is 13.7. The van der Waals surface area contributed by atoms with E-state index >= 15 is 0 Å². The van der Waals surface area contributed by atoms with Crippen molar-refractivity contribution in [2.75, 3.05) is 31.6 Å². The minimum absolute atomic E-state index is 0.374. The molecule has 0 saturated carbocycles. The molecule has 3 nitrogen and oxygen atoms in total. The molecular weight excluding hydrogens is 246 g/mol. The summed E-state index contributed by atoms with van der Waals surface area (Å²) in [4.78, 5) is 4.80. The molecule has 2 unspecified atom stereocenters. The van der Waals surface area contributed by atoms with Crippen LogP contribution >= 0.6 is 11.6 Å². The summed E-state index contributed by atoms with van der Waals surface area (Å²) in [5, 5.41) is 0.794. The summed E-state index contributed by atoms with van der Waals surface area (Å²) < 4.78 is 0. The molecule has 1 aromatic rings. The molecule has 1 saturated heterocycles. The van der Waals surface area contributed by atoms with Gasteiger partial charge in [0.15, 0.2) is 0 Å². The second-order valence-corrected chi connectivity index (χ2v) is 5.73. The summed E-state index contributed by atoms with van der Waals surface area (Å²) in [7, 11) is 2.16. The highest BCUT2D eigenvalue weighted by Crippen LogP contribution is 2.29. The summed E-state index contributed by atoms with van der Waals surface area (Å²) >= 11 is 6.03. The van der Waals surface area contributed by atoms with E-state index < -0.39 is 0 Å². The second-order valence-electron chi connectivity index (χ2n) is 5.30.